The Labute approximate surface area is 224 Å². The summed E-state index contributed by atoms with van der Waals surface area (Å²) in [6.45, 7) is 1.65. The molecule has 0 spiro atoms. The van der Waals surface area contributed by atoms with Gasteiger partial charge >= 0.3 is 12.1 Å². The molecule has 1 aliphatic carbocycles. The molecule has 10 heteroatoms. The summed E-state index contributed by atoms with van der Waals surface area (Å²) < 4.78 is 59.2. The third-order valence-corrected chi connectivity index (χ3v) is 7.82. The maximum absolute atomic E-state index is 14.1. The van der Waals surface area contributed by atoms with Crippen LogP contribution in [-0.4, -0.2) is 49.7 Å². The second kappa shape index (κ2) is 10.1. The number of fused-ring (bicyclic) bond motifs is 3. The van der Waals surface area contributed by atoms with Crippen LogP contribution in [0.3, 0.4) is 0 Å². The van der Waals surface area contributed by atoms with Gasteiger partial charge in [-0.1, -0.05) is 12.1 Å². The molecule has 4 aliphatic rings. The van der Waals surface area contributed by atoms with Gasteiger partial charge in [-0.25, -0.2) is 4.99 Å². The number of aliphatic imine (C=N–C) groups is 2. The Bertz CT molecular complexity index is 1400. The number of benzene rings is 2. The van der Waals surface area contributed by atoms with Gasteiger partial charge in [0, 0.05) is 48.8 Å². The third-order valence-electron chi connectivity index (χ3n) is 7.82. The average molecular weight is 540 g/mol. The lowest BCUT2D eigenvalue weighted by Gasteiger charge is -2.30. The van der Waals surface area contributed by atoms with Gasteiger partial charge in [-0.2, -0.15) is 13.2 Å². The van der Waals surface area contributed by atoms with Crippen LogP contribution in [-0.2, 0) is 28.7 Å². The van der Waals surface area contributed by atoms with Crippen molar-refractivity contribution in [3.05, 3.63) is 69.9 Å². The van der Waals surface area contributed by atoms with Crippen molar-refractivity contribution >= 4 is 18.0 Å². The summed E-state index contributed by atoms with van der Waals surface area (Å²) in [5.41, 5.74) is 4.05. The first-order valence-corrected chi connectivity index (χ1v) is 13.0. The molecule has 2 atom stereocenters. The van der Waals surface area contributed by atoms with Gasteiger partial charge in [-0.05, 0) is 41.7 Å². The SMILES string of the molecule is COC(=O)C[C@@H]1COc2cc(O[C@@H]3CCc4c3ccc(C(F)(F)F)c4CN3C=C4CN=CN=C4CC3)ccc21. The Balaban J connectivity index is 1.25. The van der Waals surface area contributed by atoms with Crippen LogP contribution in [0.2, 0.25) is 0 Å². The predicted octanol–water partition coefficient (Wildman–Crippen LogP) is 5.38. The number of ether oxygens (including phenoxy) is 3. The minimum atomic E-state index is -4.45. The van der Waals surface area contributed by atoms with Gasteiger partial charge in [0.05, 0.1) is 38.0 Å². The minimum absolute atomic E-state index is 0.0791. The lowest BCUT2D eigenvalue weighted by Crippen LogP contribution is -2.30. The number of hydrogen-bond donors (Lipinski definition) is 0. The molecule has 0 radical (unpaired) electrons. The standard InChI is InChI=1S/C29H28F3N3O4/c1-37-28(36)10-17-15-38-27-11-19(2-3-20(17)27)39-26-7-5-21-22(26)4-6-24(29(30,31)32)23(21)14-35-9-8-25-18(13-35)12-33-16-34-25/h2-4,6,11,13,16-17,26H,5,7-10,12,14-15H2,1H3/t17-,26-/m1/s1. The number of hydrogen-bond acceptors (Lipinski definition) is 7. The summed E-state index contributed by atoms with van der Waals surface area (Å²) in [5.74, 6) is 0.859. The molecule has 0 fully saturated rings. The van der Waals surface area contributed by atoms with Crippen LogP contribution >= 0.6 is 0 Å². The summed E-state index contributed by atoms with van der Waals surface area (Å²) in [6, 6.07) is 8.25. The molecular weight excluding hydrogens is 511 g/mol. The van der Waals surface area contributed by atoms with Crippen molar-refractivity contribution in [2.45, 2.75) is 50.4 Å². The monoisotopic (exact) mass is 539 g/mol. The van der Waals surface area contributed by atoms with Crippen LogP contribution in [0.5, 0.6) is 11.5 Å². The van der Waals surface area contributed by atoms with Crippen LogP contribution in [0.25, 0.3) is 0 Å². The van der Waals surface area contributed by atoms with Gasteiger partial charge in [0.15, 0.2) is 0 Å². The van der Waals surface area contributed by atoms with E-state index in [4.69, 9.17) is 14.2 Å². The quantitative estimate of drug-likeness (QED) is 0.461. The Morgan fingerprint density at radius 3 is 2.85 bits per heavy atom. The first kappa shape index (κ1) is 25.5. The van der Waals surface area contributed by atoms with Gasteiger partial charge in [0.25, 0.3) is 0 Å². The highest BCUT2D eigenvalue weighted by Gasteiger charge is 2.38. The van der Waals surface area contributed by atoms with E-state index < -0.39 is 11.7 Å². The van der Waals surface area contributed by atoms with Crippen LogP contribution in [0.15, 0.2) is 52.1 Å². The van der Waals surface area contributed by atoms with E-state index in [0.29, 0.717) is 61.6 Å². The van der Waals surface area contributed by atoms with Crippen molar-refractivity contribution in [2.75, 3.05) is 26.8 Å². The fourth-order valence-corrected chi connectivity index (χ4v) is 5.88. The Kier molecular flexibility index (Phi) is 6.56. The maximum atomic E-state index is 14.1. The van der Waals surface area contributed by atoms with Crippen molar-refractivity contribution in [1.82, 2.24) is 4.90 Å². The second-order valence-electron chi connectivity index (χ2n) is 10.2. The van der Waals surface area contributed by atoms with E-state index in [1.54, 1.807) is 18.5 Å². The number of nitrogens with zero attached hydrogens (tertiary/aromatic N) is 3. The Morgan fingerprint density at radius 1 is 1.18 bits per heavy atom. The summed E-state index contributed by atoms with van der Waals surface area (Å²) >= 11 is 0. The summed E-state index contributed by atoms with van der Waals surface area (Å²) in [5, 5.41) is 0. The van der Waals surface area contributed by atoms with Crippen molar-refractivity contribution in [1.29, 1.82) is 0 Å². The number of esters is 1. The molecule has 204 valence electrons. The molecule has 0 unspecified atom stereocenters. The van der Waals surface area contributed by atoms with E-state index in [1.807, 2.05) is 23.2 Å². The Morgan fingerprint density at radius 2 is 2.03 bits per heavy atom. The molecule has 2 aromatic rings. The molecule has 0 N–H and O–H groups in total. The molecule has 39 heavy (non-hydrogen) atoms. The molecule has 7 nitrogen and oxygen atoms in total. The van der Waals surface area contributed by atoms with E-state index in [2.05, 4.69) is 9.98 Å². The van der Waals surface area contributed by atoms with Crippen LogP contribution in [0.4, 0.5) is 13.2 Å². The average Bonchev–Trinajstić information content (AvgIpc) is 3.52. The van der Waals surface area contributed by atoms with Gasteiger partial charge in [-0.15, -0.1) is 0 Å². The number of halogens is 3. The van der Waals surface area contributed by atoms with E-state index in [0.717, 1.165) is 22.4 Å². The number of carbonyl (C=O) groups is 1. The number of methoxy groups -OCH3 is 1. The third kappa shape index (κ3) is 4.99. The highest BCUT2D eigenvalue weighted by Crippen LogP contribution is 2.44. The largest absolute Gasteiger partial charge is 0.492 e. The first-order chi connectivity index (χ1) is 18.8. The molecule has 6 rings (SSSR count). The summed E-state index contributed by atoms with van der Waals surface area (Å²) in [4.78, 5) is 22.1. The van der Waals surface area contributed by atoms with Crippen LogP contribution in [0.1, 0.15) is 59.1 Å². The molecule has 0 saturated carbocycles. The van der Waals surface area contributed by atoms with E-state index >= 15 is 0 Å². The highest BCUT2D eigenvalue weighted by atomic mass is 19.4. The summed E-state index contributed by atoms with van der Waals surface area (Å²) in [6.07, 6.45) is 0.632. The smallest absolute Gasteiger partial charge is 0.416 e. The van der Waals surface area contributed by atoms with E-state index in [9.17, 15) is 18.0 Å². The normalized spacial score (nSPS) is 21.4. The van der Waals surface area contributed by atoms with E-state index in [-0.39, 0.29) is 31.0 Å². The zero-order chi connectivity index (χ0) is 27.1. The van der Waals surface area contributed by atoms with Crippen molar-refractivity contribution in [2.24, 2.45) is 9.98 Å². The summed E-state index contributed by atoms with van der Waals surface area (Å²) in [7, 11) is 1.36. The topological polar surface area (TPSA) is 72.7 Å². The zero-order valence-electron chi connectivity index (χ0n) is 21.5. The van der Waals surface area contributed by atoms with Crippen LogP contribution < -0.4 is 9.47 Å². The molecule has 3 heterocycles. The highest BCUT2D eigenvalue weighted by molar-refractivity contribution is 6.06. The fourth-order valence-electron chi connectivity index (χ4n) is 5.88. The van der Waals surface area contributed by atoms with Gasteiger partial charge in [-0.3, -0.25) is 9.79 Å². The first-order valence-electron chi connectivity index (χ1n) is 13.0. The molecule has 0 saturated heterocycles. The molecule has 2 aromatic carbocycles. The molecule has 0 aromatic heterocycles. The van der Waals surface area contributed by atoms with Crippen molar-refractivity contribution in [3.8, 4) is 11.5 Å². The van der Waals surface area contributed by atoms with Crippen molar-refractivity contribution in [3.63, 3.8) is 0 Å². The fraction of sp³-hybridized carbons (Fsp3) is 0.414. The minimum Gasteiger partial charge on any atom is -0.492 e. The van der Waals surface area contributed by atoms with E-state index in [1.165, 1.54) is 13.2 Å². The zero-order valence-corrected chi connectivity index (χ0v) is 21.5. The predicted molar refractivity (Wildman–Crippen MR) is 138 cm³/mol. The molecular formula is C29H28F3N3O4. The maximum Gasteiger partial charge on any atom is 0.416 e. The molecule has 0 bridgehead atoms. The lowest BCUT2D eigenvalue weighted by molar-refractivity contribution is -0.141. The lowest BCUT2D eigenvalue weighted by atomic mass is 9.95. The molecule has 0 amide bonds. The van der Waals surface area contributed by atoms with Gasteiger partial charge < -0.3 is 19.1 Å². The second-order valence-corrected chi connectivity index (χ2v) is 10.2. The van der Waals surface area contributed by atoms with Crippen molar-refractivity contribution < 1.29 is 32.2 Å². The molecule has 3 aliphatic heterocycles. The van der Waals surface area contributed by atoms with Crippen LogP contribution in [0, 0.1) is 0 Å². The van der Waals surface area contributed by atoms with Gasteiger partial charge in [0.1, 0.15) is 23.9 Å². The number of alkyl halides is 3. The van der Waals surface area contributed by atoms with Gasteiger partial charge in [0.2, 0.25) is 0 Å². The Hall–Kier alpha value is -3.82. The number of carbonyl (C=O) groups excluding carboxylic acids is 1. The number of rotatable bonds is 6.